The summed E-state index contributed by atoms with van der Waals surface area (Å²) in [4.78, 5) is 0. The summed E-state index contributed by atoms with van der Waals surface area (Å²) in [5.41, 5.74) is 0. The van der Waals surface area contributed by atoms with Crippen LogP contribution in [-0.2, 0) is 0 Å². The highest BCUT2D eigenvalue weighted by atomic mass is 32.2. The van der Waals surface area contributed by atoms with E-state index in [1.165, 1.54) is 12.2 Å². The smallest absolute Gasteiger partial charge is 0.0284 e. The van der Waals surface area contributed by atoms with Crippen LogP contribution in [0.25, 0.3) is 0 Å². The molecule has 1 heterocycles. The van der Waals surface area contributed by atoms with E-state index < -0.39 is 0 Å². The third kappa shape index (κ3) is 0.596. The number of hydrogen-bond donors (Lipinski definition) is 0. The van der Waals surface area contributed by atoms with Gasteiger partial charge in [-0.05, 0) is 19.1 Å². The Hall–Kier alpha value is 0.350. The first kappa shape index (κ1) is 3.54. The van der Waals surface area contributed by atoms with Crippen molar-refractivity contribution in [2.75, 3.05) is 5.75 Å². The van der Waals surface area contributed by atoms with Gasteiger partial charge in [0.2, 0.25) is 0 Å². The van der Waals surface area contributed by atoms with E-state index in [0.717, 1.165) is 0 Å². The van der Waals surface area contributed by atoms with Gasteiger partial charge in [0, 0.05) is 5.25 Å². The molecule has 5 heavy (non-hydrogen) atoms. The van der Waals surface area contributed by atoms with Gasteiger partial charge in [0.05, 0.1) is 0 Å². The summed E-state index contributed by atoms with van der Waals surface area (Å²) in [6.45, 7) is 2.19. The Bertz CT molecular complexity index is 30.6. The van der Waals surface area contributed by atoms with Crippen LogP contribution in [-0.4, -0.2) is 5.75 Å². The van der Waals surface area contributed by atoms with Crippen LogP contribution >= 0.6 is 11.8 Å². The molecule has 1 rings (SSSR count). The van der Waals surface area contributed by atoms with E-state index in [2.05, 4.69) is 6.92 Å². The third-order valence-electron chi connectivity index (χ3n) is 0.803. The summed E-state index contributed by atoms with van der Waals surface area (Å²) in [6.07, 6.45) is 1.37. The molecule has 0 unspecified atom stereocenters. The minimum Gasteiger partial charge on any atom is -0.154 e. The molecule has 0 atom stereocenters. The molecule has 0 aliphatic carbocycles. The Labute approximate surface area is 37.0 Å². The Morgan fingerprint density at radius 2 is 2.20 bits per heavy atom. The summed E-state index contributed by atoms with van der Waals surface area (Å²) >= 11 is 1.98. The van der Waals surface area contributed by atoms with Gasteiger partial charge in [0.25, 0.3) is 0 Å². The van der Waals surface area contributed by atoms with Gasteiger partial charge in [-0.15, -0.1) is 0 Å². The van der Waals surface area contributed by atoms with Crippen molar-refractivity contribution in [1.29, 1.82) is 0 Å². The molecular formula is C4H7S. The molecule has 1 radical (unpaired) electrons. The lowest BCUT2D eigenvalue weighted by Crippen LogP contribution is -1.99. The molecule has 0 aromatic heterocycles. The van der Waals surface area contributed by atoms with Crippen molar-refractivity contribution < 1.29 is 0 Å². The quantitative estimate of drug-likeness (QED) is 0.433. The fraction of sp³-hybridized carbons (Fsp3) is 0.750. The van der Waals surface area contributed by atoms with Crippen molar-refractivity contribution in [2.24, 2.45) is 0 Å². The van der Waals surface area contributed by atoms with Crippen LogP contribution in [0.2, 0.25) is 0 Å². The first-order valence-electron chi connectivity index (χ1n) is 1.85. The zero-order valence-electron chi connectivity index (χ0n) is 3.32. The van der Waals surface area contributed by atoms with E-state index >= 15 is 0 Å². The maximum absolute atomic E-state index is 2.19. The van der Waals surface area contributed by atoms with Crippen LogP contribution in [0.3, 0.4) is 0 Å². The number of rotatable bonds is 0. The van der Waals surface area contributed by atoms with Crippen molar-refractivity contribution in [1.82, 2.24) is 0 Å². The summed E-state index contributed by atoms with van der Waals surface area (Å²) in [5.74, 6) is 1.37. The maximum atomic E-state index is 2.19. The lowest BCUT2D eigenvalue weighted by atomic mass is 10.3. The standard InChI is InChI=1S/C4H7S/c1-4-2-3-5-4/h2-3H2,1H3. The molecule has 1 aliphatic rings. The van der Waals surface area contributed by atoms with E-state index in [1.807, 2.05) is 11.8 Å². The monoisotopic (exact) mass is 87.0 g/mol. The van der Waals surface area contributed by atoms with Crippen LogP contribution in [0.5, 0.6) is 0 Å². The largest absolute Gasteiger partial charge is 0.154 e. The molecule has 0 nitrogen and oxygen atoms in total. The van der Waals surface area contributed by atoms with Crippen LogP contribution < -0.4 is 0 Å². The second-order valence-corrected chi connectivity index (χ2v) is 2.69. The minimum atomic E-state index is 1.37. The normalized spacial score (nSPS) is 25.8. The zero-order chi connectivity index (χ0) is 3.70. The summed E-state index contributed by atoms with van der Waals surface area (Å²) < 4.78 is 0. The van der Waals surface area contributed by atoms with Crippen molar-refractivity contribution in [3.8, 4) is 0 Å². The second-order valence-electron chi connectivity index (χ2n) is 1.30. The highest BCUT2D eigenvalue weighted by Crippen LogP contribution is 2.33. The minimum absolute atomic E-state index is 1.37. The molecule has 0 aromatic rings. The molecule has 0 amide bonds. The molecule has 0 aromatic carbocycles. The van der Waals surface area contributed by atoms with Gasteiger partial charge < -0.3 is 0 Å². The first-order chi connectivity index (χ1) is 2.39. The summed E-state index contributed by atoms with van der Waals surface area (Å²) in [5, 5.41) is 1.60. The summed E-state index contributed by atoms with van der Waals surface area (Å²) in [6, 6.07) is 0. The molecule has 1 fully saturated rings. The molecule has 0 N–H and O–H groups in total. The van der Waals surface area contributed by atoms with Gasteiger partial charge >= 0.3 is 0 Å². The van der Waals surface area contributed by atoms with Gasteiger partial charge in [0.15, 0.2) is 0 Å². The van der Waals surface area contributed by atoms with Gasteiger partial charge in [-0.1, -0.05) is 0 Å². The third-order valence-corrected chi connectivity index (χ3v) is 1.91. The number of hydrogen-bond acceptors (Lipinski definition) is 1. The van der Waals surface area contributed by atoms with E-state index in [0.29, 0.717) is 0 Å². The van der Waals surface area contributed by atoms with Crippen LogP contribution in [0.1, 0.15) is 13.3 Å². The Morgan fingerprint density at radius 1 is 1.80 bits per heavy atom. The van der Waals surface area contributed by atoms with Gasteiger partial charge in [-0.3, -0.25) is 0 Å². The van der Waals surface area contributed by atoms with Crippen LogP contribution in [0.15, 0.2) is 0 Å². The van der Waals surface area contributed by atoms with Crippen molar-refractivity contribution in [3.63, 3.8) is 0 Å². The molecule has 1 saturated heterocycles. The lowest BCUT2D eigenvalue weighted by Gasteiger charge is -2.17. The Balaban J connectivity index is 2.08. The van der Waals surface area contributed by atoms with Crippen LogP contribution in [0, 0.1) is 5.25 Å². The molecule has 0 spiro atoms. The molecule has 0 bridgehead atoms. The Kier molecular flexibility index (Phi) is 0.856. The highest BCUT2D eigenvalue weighted by Gasteiger charge is 2.10. The average Bonchev–Trinajstić information content (AvgIpc) is 1.30. The topological polar surface area (TPSA) is 0 Å². The van der Waals surface area contributed by atoms with E-state index in [9.17, 15) is 0 Å². The maximum Gasteiger partial charge on any atom is 0.0284 e. The van der Waals surface area contributed by atoms with E-state index in [-0.39, 0.29) is 0 Å². The van der Waals surface area contributed by atoms with Gasteiger partial charge in [-0.25, -0.2) is 0 Å². The van der Waals surface area contributed by atoms with Gasteiger partial charge in [0.1, 0.15) is 0 Å². The van der Waals surface area contributed by atoms with Crippen molar-refractivity contribution in [3.05, 3.63) is 5.25 Å². The first-order valence-corrected chi connectivity index (χ1v) is 2.83. The predicted octanol–water partition coefficient (Wildman–Crippen LogP) is 1.68. The van der Waals surface area contributed by atoms with Crippen LogP contribution in [0.4, 0.5) is 0 Å². The van der Waals surface area contributed by atoms with Gasteiger partial charge in [-0.2, -0.15) is 11.8 Å². The van der Waals surface area contributed by atoms with E-state index in [1.54, 1.807) is 5.25 Å². The molecule has 0 saturated carbocycles. The van der Waals surface area contributed by atoms with E-state index in [4.69, 9.17) is 0 Å². The molecule has 1 heteroatoms. The molecule has 1 aliphatic heterocycles. The predicted molar refractivity (Wildman–Crippen MR) is 26.0 cm³/mol. The lowest BCUT2D eigenvalue weighted by molar-refractivity contribution is 1.01. The molecular weight excluding hydrogens is 80.1 g/mol. The fourth-order valence-corrected chi connectivity index (χ4v) is 0.919. The zero-order valence-corrected chi connectivity index (χ0v) is 4.14. The fourth-order valence-electron chi connectivity index (χ4n) is 0.306. The van der Waals surface area contributed by atoms with Crippen molar-refractivity contribution >= 4 is 11.8 Å². The Morgan fingerprint density at radius 3 is 2.20 bits per heavy atom. The SMILES string of the molecule is C[C]1CCS1. The second kappa shape index (κ2) is 1.21. The highest BCUT2D eigenvalue weighted by molar-refractivity contribution is 8.03. The summed E-state index contributed by atoms with van der Waals surface area (Å²) in [7, 11) is 0. The average molecular weight is 87.2 g/mol. The van der Waals surface area contributed by atoms with Crippen molar-refractivity contribution in [2.45, 2.75) is 13.3 Å². The number of thioether (sulfide) groups is 1. The molecule has 29 valence electrons.